The minimum absolute atomic E-state index is 0.291. The summed E-state index contributed by atoms with van der Waals surface area (Å²) in [5, 5.41) is 9.11. The van der Waals surface area contributed by atoms with Crippen LogP contribution in [0.25, 0.3) is 11.1 Å². The zero-order valence-corrected chi connectivity index (χ0v) is 13.4. The smallest absolute Gasteiger partial charge is 0.335 e. The molecular weight excluding hydrogens is 300 g/mol. The Balaban J connectivity index is 1.90. The Morgan fingerprint density at radius 3 is 2.33 bits per heavy atom. The number of benzene rings is 3. The molecule has 0 aliphatic rings. The fraction of sp³-hybridized carbons (Fsp3) is 0.0952. The number of rotatable bonds is 5. The number of hydrogen-bond acceptors (Lipinski definition) is 2. The Kier molecular flexibility index (Phi) is 4.62. The Bertz CT molecular complexity index is 854. The topological polar surface area (TPSA) is 46.5 Å². The lowest BCUT2D eigenvalue weighted by molar-refractivity contribution is 0.0697. The van der Waals surface area contributed by atoms with Crippen molar-refractivity contribution in [2.24, 2.45) is 0 Å². The van der Waals surface area contributed by atoms with Crippen molar-refractivity contribution in [1.29, 1.82) is 0 Å². The number of aromatic carboxylic acids is 1. The molecule has 0 radical (unpaired) electrons. The average molecular weight is 318 g/mol. The number of aryl methyl sites for hydroxylation is 1. The van der Waals surface area contributed by atoms with Crippen molar-refractivity contribution in [3.63, 3.8) is 0 Å². The maximum absolute atomic E-state index is 11.1. The zero-order valence-electron chi connectivity index (χ0n) is 13.4. The van der Waals surface area contributed by atoms with Crippen molar-refractivity contribution >= 4 is 5.97 Å². The summed E-state index contributed by atoms with van der Waals surface area (Å²) in [7, 11) is 0. The van der Waals surface area contributed by atoms with Crippen LogP contribution in [0.15, 0.2) is 72.8 Å². The average Bonchev–Trinajstić information content (AvgIpc) is 2.61. The highest BCUT2D eigenvalue weighted by atomic mass is 16.5. The van der Waals surface area contributed by atoms with Crippen molar-refractivity contribution in [3.8, 4) is 16.9 Å². The molecule has 0 heterocycles. The van der Waals surface area contributed by atoms with Gasteiger partial charge in [0.15, 0.2) is 0 Å². The van der Waals surface area contributed by atoms with Gasteiger partial charge >= 0.3 is 5.97 Å². The summed E-state index contributed by atoms with van der Waals surface area (Å²) in [6.07, 6.45) is 0. The molecule has 0 saturated carbocycles. The van der Waals surface area contributed by atoms with E-state index in [0.29, 0.717) is 12.2 Å². The summed E-state index contributed by atoms with van der Waals surface area (Å²) >= 11 is 0. The van der Waals surface area contributed by atoms with E-state index in [4.69, 9.17) is 9.84 Å². The van der Waals surface area contributed by atoms with Gasteiger partial charge in [-0.05, 0) is 41.8 Å². The molecule has 0 saturated heterocycles. The van der Waals surface area contributed by atoms with Crippen molar-refractivity contribution in [2.75, 3.05) is 0 Å². The lowest BCUT2D eigenvalue weighted by atomic mass is 9.97. The van der Waals surface area contributed by atoms with Crippen LogP contribution in [-0.2, 0) is 6.61 Å². The molecule has 0 aliphatic heterocycles. The normalized spacial score (nSPS) is 10.4. The Hall–Kier alpha value is -3.07. The highest BCUT2D eigenvalue weighted by Gasteiger charge is 2.11. The van der Waals surface area contributed by atoms with E-state index >= 15 is 0 Å². The summed E-state index contributed by atoms with van der Waals surface area (Å²) in [6, 6.07) is 23.0. The predicted octanol–water partition coefficient (Wildman–Crippen LogP) is 4.94. The molecule has 3 aromatic rings. The molecule has 0 bridgehead atoms. The summed E-state index contributed by atoms with van der Waals surface area (Å²) < 4.78 is 5.99. The molecule has 0 atom stereocenters. The second kappa shape index (κ2) is 7.01. The number of carboxylic acid groups (broad SMARTS) is 1. The van der Waals surface area contributed by atoms with E-state index < -0.39 is 5.97 Å². The molecule has 24 heavy (non-hydrogen) atoms. The minimum atomic E-state index is -0.918. The minimum Gasteiger partial charge on any atom is -0.488 e. The van der Waals surface area contributed by atoms with Gasteiger partial charge in [0.25, 0.3) is 0 Å². The number of hydrogen-bond donors (Lipinski definition) is 1. The summed E-state index contributed by atoms with van der Waals surface area (Å²) in [5.74, 6) is -0.134. The van der Waals surface area contributed by atoms with Crippen LogP contribution in [0.3, 0.4) is 0 Å². The van der Waals surface area contributed by atoms with Gasteiger partial charge in [0, 0.05) is 5.56 Å². The van der Waals surface area contributed by atoms with E-state index in [0.717, 1.165) is 28.0 Å². The van der Waals surface area contributed by atoms with Gasteiger partial charge in [-0.25, -0.2) is 4.79 Å². The highest BCUT2D eigenvalue weighted by molar-refractivity contribution is 5.89. The van der Waals surface area contributed by atoms with Crippen LogP contribution >= 0.6 is 0 Å². The van der Waals surface area contributed by atoms with Crippen LogP contribution in [0.4, 0.5) is 0 Å². The lowest BCUT2D eigenvalue weighted by Crippen LogP contribution is -1.99. The van der Waals surface area contributed by atoms with Gasteiger partial charge < -0.3 is 9.84 Å². The van der Waals surface area contributed by atoms with Gasteiger partial charge in [0.2, 0.25) is 0 Å². The van der Waals surface area contributed by atoms with Gasteiger partial charge in [-0.2, -0.15) is 0 Å². The number of para-hydroxylation sites is 1. The Labute approximate surface area is 141 Å². The number of ether oxygens (including phenoxy) is 1. The van der Waals surface area contributed by atoms with Gasteiger partial charge in [-0.3, -0.25) is 0 Å². The molecule has 3 nitrogen and oxygen atoms in total. The zero-order chi connectivity index (χ0) is 16.9. The van der Waals surface area contributed by atoms with Gasteiger partial charge in [-0.1, -0.05) is 54.6 Å². The van der Waals surface area contributed by atoms with Crippen LogP contribution in [0, 0.1) is 6.92 Å². The summed E-state index contributed by atoms with van der Waals surface area (Å²) in [4.78, 5) is 11.1. The Morgan fingerprint density at radius 1 is 0.917 bits per heavy atom. The van der Waals surface area contributed by atoms with Crippen molar-refractivity contribution < 1.29 is 14.6 Å². The lowest BCUT2D eigenvalue weighted by Gasteiger charge is -2.14. The third-order valence-electron chi connectivity index (χ3n) is 3.89. The Morgan fingerprint density at radius 2 is 1.62 bits per heavy atom. The fourth-order valence-electron chi connectivity index (χ4n) is 2.65. The monoisotopic (exact) mass is 318 g/mol. The molecule has 3 rings (SSSR count). The van der Waals surface area contributed by atoms with E-state index in [1.54, 1.807) is 12.1 Å². The summed E-state index contributed by atoms with van der Waals surface area (Å²) in [6.45, 7) is 2.40. The third kappa shape index (κ3) is 3.46. The van der Waals surface area contributed by atoms with Gasteiger partial charge in [0.1, 0.15) is 12.4 Å². The predicted molar refractivity (Wildman–Crippen MR) is 94.3 cm³/mol. The van der Waals surface area contributed by atoms with Crippen molar-refractivity contribution in [3.05, 3.63) is 89.5 Å². The van der Waals surface area contributed by atoms with E-state index in [2.05, 4.69) is 0 Å². The van der Waals surface area contributed by atoms with Crippen LogP contribution in [0.1, 0.15) is 21.5 Å². The van der Waals surface area contributed by atoms with Crippen molar-refractivity contribution in [1.82, 2.24) is 0 Å². The quantitative estimate of drug-likeness (QED) is 0.725. The van der Waals surface area contributed by atoms with Crippen LogP contribution in [0.2, 0.25) is 0 Å². The van der Waals surface area contributed by atoms with E-state index in [9.17, 15) is 4.79 Å². The number of carboxylic acids is 1. The fourth-order valence-corrected chi connectivity index (χ4v) is 2.65. The number of carbonyl (C=O) groups is 1. The second-order valence-corrected chi connectivity index (χ2v) is 5.61. The maximum Gasteiger partial charge on any atom is 0.335 e. The summed E-state index contributed by atoms with van der Waals surface area (Å²) in [5.41, 5.74) is 4.24. The third-order valence-corrected chi connectivity index (χ3v) is 3.89. The first-order valence-electron chi connectivity index (χ1n) is 7.75. The van der Waals surface area contributed by atoms with Crippen LogP contribution in [0.5, 0.6) is 5.75 Å². The highest BCUT2D eigenvalue weighted by Crippen LogP contribution is 2.33. The first-order valence-corrected chi connectivity index (χ1v) is 7.75. The molecule has 0 fully saturated rings. The SMILES string of the molecule is Cc1cc(C(=O)O)ccc1-c1ccccc1OCc1ccccc1. The first-order chi connectivity index (χ1) is 11.6. The van der Waals surface area contributed by atoms with E-state index in [1.807, 2.05) is 67.6 Å². The molecule has 0 spiro atoms. The van der Waals surface area contributed by atoms with E-state index in [1.165, 1.54) is 0 Å². The molecule has 0 amide bonds. The van der Waals surface area contributed by atoms with Gasteiger partial charge in [0.05, 0.1) is 5.56 Å². The molecule has 1 N–H and O–H groups in total. The van der Waals surface area contributed by atoms with Crippen molar-refractivity contribution in [2.45, 2.75) is 13.5 Å². The molecule has 0 aromatic heterocycles. The molecule has 3 heteroatoms. The van der Waals surface area contributed by atoms with Crippen LogP contribution < -0.4 is 4.74 Å². The molecule has 0 unspecified atom stereocenters. The van der Waals surface area contributed by atoms with Crippen LogP contribution in [-0.4, -0.2) is 11.1 Å². The van der Waals surface area contributed by atoms with E-state index in [-0.39, 0.29) is 0 Å². The molecule has 0 aliphatic carbocycles. The second-order valence-electron chi connectivity index (χ2n) is 5.61. The standard InChI is InChI=1S/C21H18O3/c1-15-13-17(21(22)23)11-12-18(15)19-9-5-6-10-20(19)24-14-16-7-3-2-4-8-16/h2-13H,14H2,1H3,(H,22,23). The first kappa shape index (κ1) is 15.8. The van der Waals surface area contributed by atoms with Gasteiger partial charge in [-0.15, -0.1) is 0 Å². The maximum atomic E-state index is 11.1. The molecule has 120 valence electrons. The molecule has 3 aromatic carbocycles. The molecular formula is C21H18O3. The largest absolute Gasteiger partial charge is 0.488 e.